The molecule has 2 N–H and O–H groups in total. The highest BCUT2D eigenvalue weighted by atomic mass is 32.1. The Bertz CT molecular complexity index is 1100. The Kier molecular flexibility index (Phi) is 7.98. The van der Waals surface area contributed by atoms with Crippen LogP contribution in [0, 0.1) is 12.7 Å². The number of halogens is 1. The second kappa shape index (κ2) is 9.57. The quantitative estimate of drug-likeness (QED) is 0.504. The van der Waals surface area contributed by atoms with E-state index in [0.29, 0.717) is 22.3 Å². The van der Waals surface area contributed by atoms with Gasteiger partial charge in [0.15, 0.2) is 11.6 Å². The Morgan fingerprint density at radius 1 is 1.28 bits per heavy atom. The van der Waals surface area contributed by atoms with Gasteiger partial charge in [-0.1, -0.05) is 14.9 Å². The van der Waals surface area contributed by atoms with Crippen LogP contribution in [0.5, 0.6) is 17.4 Å². The van der Waals surface area contributed by atoms with Crippen molar-refractivity contribution in [3.05, 3.63) is 42.4 Å². The fourth-order valence-electron chi connectivity index (χ4n) is 2.67. The predicted molar refractivity (Wildman–Crippen MR) is 115 cm³/mol. The van der Waals surface area contributed by atoms with Gasteiger partial charge in [-0.2, -0.15) is 23.6 Å². The minimum absolute atomic E-state index is 0. The van der Waals surface area contributed by atoms with Crippen molar-refractivity contribution in [1.29, 1.82) is 0 Å². The molecule has 0 saturated heterocycles. The SMILES string of the molecule is C.C.Cc1c(OC[C@H](C)O)cn2ncnc(Oc3cnc4[nH]ccc4c3F)c12.S. The molecule has 0 aliphatic rings. The second-order valence-corrected chi connectivity index (χ2v) is 5.92. The second-order valence-electron chi connectivity index (χ2n) is 5.92. The van der Waals surface area contributed by atoms with Crippen molar-refractivity contribution >= 4 is 30.0 Å². The van der Waals surface area contributed by atoms with Gasteiger partial charge in [-0.25, -0.2) is 13.9 Å². The zero-order valence-corrected chi connectivity index (χ0v) is 15.6. The number of rotatable bonds is 5. The van der Waals surface area contributed by atoms with Crippen LogP contribution in [0.15, 0.2) is 31.0 Å². The molecular weight excluding hydrogens is 397 g/mol. The number of hydrogen-bond acceptors (Lipinski definition) is 6. The zero-order valence-electron chi connectivity index (χ0n) is 14.6. The van der Waals surface area contributed by atoms with Gasteiger partial charge >= 0.3 is 0 Å². The van der Waals surface area contributed by atoms with E-state index < -0.39 is 11.9 Å². The number of aromatic amines is 1. The number of fused-ring (bicyclic) bond motifs is 2. The Balaban J connectivity index is 0.00000140. The van der Waals surface area contributed by atoms with Gasteiger partial charge in [-0.05, 0) is 19.9 Å². The molecule has 0 fully saturated rings. The van der Waals surface area contributed by atoms with Gasteiger partial charge in [0, 0.05) is 11.8 Å². The van der Waals surface area contributed by atoms with Gasteiger partial charge in [0.1, 0.15) is 29.8 Å². The van der Waals surface area contributed by atoms with Crippen LogP contribution in [-0.4, -0.2) is 42.4 Å². The number of hydrogen-bond donors (Lipinski definition) is 2. The van der Waals surface area contributed by atoms with Crippen molar-refractivity contribution in [2.75, 3.05) is 6.61 Å². The monoisotopic (exact) mass is 423 g/mol. The van der Waals surface area contributed by atoms with Gasteiger partial charge in [0.25, 0.3) is 0 Å². The number of aryl methyl sites for hydroxylation is 1. The summed E-state index contributed by atoms with van der Waals surface area (Å²) < 4.78 is 27.4. The smallest absolute Gasteiger partial charge is 0.247 e. The van der Waals surface area contributed by atoms with Crippen LogP contribution in [-0.2, 0) is 0 Å². The van der Waals surface area contributed by atoms with Crippen molar-refractivity contribution < 1.29 is 19.0 Å². The molecule has 4 heterocycles. The fraction of sp³-hybridized carbons (Fsp3) is 0.316. The molecule has 158 valence electrons. The maximum absolute atomic E-state index is 14.6. The van der Waals surface area contributed by atoms with E-state index in [4.69, 9.17) is 9.47 Å². The number of aliphatic hydroxyl groups excluding tert-OH is 1. The van der Waals surface area contributed by atoms with Crippen LogP contribution in [0.25, 0.3) is 16.6 Å². The molecule has 0 bridgehead atoms. The molecule has 1 atom stereocenters. The lowest BCUT2D eigenvalue weighted by atomic mass is 10.3. The number of ether oxygens (including phenoxy) is 2. The normalized spacial score (nSPS) is 11.3. The third kappa shape index (κ3) is 4.43. The number of nitrogens with one attached hydrogen (secondary N) is 1. The summed E-state index contributed by atoms with van der Waals surface area (Å²) in [5, 5.41) is 13.9. The molecule has 0 amide bonds. The first-order chi connectivity index (χ1) is 12.5. The van der Waals surface area contributed by atoms with E-state index in [0.717, 1.165) is 5.56 Å². The Hall–Kier alpha value is -2.85. The molecule has 10 heteroatoms. The molecule has 0 radical (unpaired) electrons. The highest BCUT2D eigenvalue weighted by Gasteiger charge is 2.18. The Morgan fingerprint density at radius 2 is 2.03 bits per heavy atom. The summed E-state index contributed by atoms with van der Waals surface area (Å²) in [5.74, 6) is 0.156. The van der Waals surface area contributed by atoms with Gasteiger partial charge in [-0.15, -0.1) is 0 Å². The summed E-state index contributed by atoms with van der Waals surface area (Å²) in [4.78, 5) is 11.1. The summed E-state index contributed by atoms with van der Waals surface area (Å²) in [5.41, 5.74) is 1.70. The first-order valence-electron chi connectivity index (χ1n) is 7.98. The van der Waals surface area contributed by atoms with Crippen LogP contribution in [0.1, 0.15) is 27.3 Å². The molecule has 0 unspecified atom stereocenters. The zero-order chi connectivity index (χ0) is 18.3. The largest absolute Gasteiger partial charge is 0.489 e. The van der Waals surface area contributed by atoms with Crippen LogP contribution in [0.3, 0.4) is 0 Å². The summed E-state index contributed by atoms with van der Waals surface area (Å²) in [6.07, 6.45) is 5.27. The van der Waals surface area contributed by atoms with Crippen LogP contribution in [0.4, 0.5) is 4.39 Å². The third-order valence-electron chi connectivity index (χ3n) is 3.92. The minimum atomic E-state index is -0.604. The van der Waals surface area contributed by atoms with Crippen LogP contribution < -0.4 is 9.47 Å². The minimum Gasteiger partial charge on any atom is -0.489 e. The number of aromatic nitrogens is 5. The average Bonchev–Trinajstić information content (AvgIpc) is 3.21. The lowest BCUT2D eigenvalue weighted by molar-refractivity contribution is 0.122. The van der Waals surface area contributed by atoms with E-state index in [-0.39, 0.29) is 46.6 Å². The standard InChI is InChI=1S/C17H16FN5O3.2CH4.H2S/c1-9(24)7-25-13-6-23-15(10(13)2)17(21-8-22-23)26-12-5-20-16-11(14(12)18)3-4-19-16;;;/h3-6,8-9,24H,7H2,1-2H3,(H,19,20);2*1H4;1H2/t9-;;;/m0.../s1. The van der Waals surface area contributed by atoms with E-state index in [1.165, 1.54) is 17.0 Å². The molecule has 0 spiro atoms. The van der Waals surface area contributed by atoms with Crippen LogP contribution >= 0.6 is 13.5 Å². The predicted octanol–water partition coefficient (Wildman–Crippen LogP) is 3.99. The summed E-state index contributed by atoms with van der Waals surface area (Å²) >= 11 is 0. The van der Waals surface area contributed by atoms with Gasteiger partial charge < -0.3 is 19.6 Å². The van der Waals surface area contributed by atoms with E-state index in [1.54, 1.807) is 25.4 Å². The molecule has 0 aliphatic heterocycles. The average molecular weight is 424 g/mol. The highest BCUT2D eigenvalue weighted by molar-refractivity contribution is 7.59. The maximum atomic E-state index is 14.6. The first kappa shape index (κ1) is 24.2. The van der Waals surface area contributed by atoms with Crippen molar-refractivity contribution in [2.45, 2.75) is 34.8 Å². The molecule has 4 aromatic rings. The summed E-state index contributed by atoms with van der Waals surface area (Å²) in [6, 6.07) is 1.59. The van der Waals surface area contributed by atoms with Crippen LogP contribution in [0.2, 0.25) is 0 Å². The molecular formula is C19H26FN5O3S. The highest BCUT2D eigenvalue weighted by Crippen LogP contribution is 2.33. The van der Waals surface area contributed by atoms with Crippen molar-refractivity contribution in [1.82, 2.24) is 24.6 Å². The number of aliphatic hydroxyl groups is 1. The Morgan fingerprint density at radius 3 is 2.76 bits per heavy atom. The molecule has 0 saturated carbocycles. The molecule has 4 rings (SSSR count). The lowest BCUT2D eigenvalue weighted by Crippen LogP contribution is -2.12. The fourth-order valence-corrected chi connectivity index (χ4v) is 2.67. The topological polar surface area (TPSA) is 97.6 Å². The van der Waals surface area contributed by atoms with Gasteiger partial charge in [0.05, 0.1) is 23.9 Å². The number of pyridine rings is 1. The molecule has 0 aliphatic carbocycles. The number of H-pyrrole nitrogens is 1. The van der Waals surface area contributed by atoms with Crippen molar-refractivity contribution in [2.24, 2.45) is 0 Å². The van der Waals surface area contributed by atoms with Crippen molar-refractivity contribution in [3.8, 4) is 17.4 Å². The van der Waals surface area contributed by atoms with Crippen molar-refractivity contribution in [3.63, 3.8) is 0 Å². The Labute approximate surface area is 175 Å². The third-order valence-corrected chi connectivity index (χ3v) is 3.92. The molecule has 29 heavy (non-hydrogen) atoms. The van der Waals surface area contributed by atoms with Gasteiger partial charge in [0.2, 0.25) is 5.88 Å². The summed E-state index contributed by atoms with van der Waals surface area (Å²) in [7, 11) is 0. The molecule has 8 nitrogen and oxygen atoms in total. The van der Waals surface area contributed by atoms with Gasteiger partial charge in [-0.3, -0.25) is 0 Å². The summed E-state index contributed by atoms with van der Waals surface area (Å²) in [6.45, 7) is 3.59. The lowest BCUT2D eigenvalue weighted by Gasteiger charge is -2.08. The maximum Gasteiger partial charge on any atom is 0.247 e. The first-order valence-corrected chi connectivity index (χ1v) is 7.98. The number of nitrogens with zero attached hydrogens (tertiary/aromatic N) is 4. The van der Waals surface area contributed by atoms with E-state index in [2.05, 4.69) is 20.1 Å². The van der Waals surface area contributed by atoms with E-state index >= 15 is 0 Å². The van der Waals surface area contributed by atoms with E-state index in [9.17, 15) is 9.50 Å². The molecule has 0 aromatic carbocycles. The molecule has 4 aromatic heterocycles. The van der Waals surface area contributed by atoms with E-state index in [1.807, 2.05) is 6.92 Å².